The maximum absolute atomic E-state index is 13.7. The van der Waals surface area contributed by atoms with Gasteiger partial charge in [-0.25, -0.2) is 0 Å². The van der Waals surface area contributed by atoms with Crippen LogP contribution in [0.4, 0.5) is 0 Å². The molecular weight excluding hydrogens is 428 g/mol. The summed E-state index contributed by atoms with van der Waals surface area (Å²) in [4.78, 5) is 31.3. The number of carbonyl (C=O) groups excluding carboxylic acids is 1. The number of ether oxygens (including phenoxy) is 1. The first-order valence-corrected chi connectivity index (χ1v) is 11.8. The average molecular weight is 461 g/mol. The van der Waals surface area contributed by atoms with Gasteiger partial charge < -0.3 is 19.0 Å². The molecule has 1 aromatic heterocycles. The lowest BCUT2D eigenvalue weighted by molar-refractivity contribution is 0.0708. The fourth-order valence-electron chi connectivity index (χ4n) is 4.54. The molecule has 0 bridgehead atoms. The van der Waals surface area contributed by atoms with Gasteiger partial charge in [0.2, 0.25) is 5.76 Å². The van der Waals surface area contributed by atoms with E-state index in [9.17, 15) is 9.59 Å². The molecule has 0 saturated carbocycles. The van der Waals surface area contributed by atoms with E-state index in [0.29, 0.717) is 35.4 Å². The molecule has 0 aliphatic carbocycles. The SMILES string of the molecule is C=CCOc1ccc(C2c3c(oc4cc(C)c(C)cc4c3=O)C(=O)N2CCN(CC)CC)cc1. The molecule has 1 amide bonds. The Balaban J connectivity index is 1.83. The Hall–Kier alpha value is -3.38. The lowest BCUT2D eigenvalue weighted by atomic mass is 9.97. The molecular formula is C28H32N2O4. The highest BCUT2D eigenvalue weighted by Gasteiger charge is 2.42. The zero-order chi connectivity index (χ0) is 24.4. The molecule has 0 N–H and O–H groups in total. The summed E-state index contributed by atoms with van der Waals surface area (Å²) in [7, 11) is 0. The topological polar surface area (TPSA) is 63.0 Å². The average Bonchev–Trinajstić information content (AvgIpc) is 3.12. The third kappa shape index (κ3) is 4.26. The Morgan fingerprint density at radius 2 is 1.76 bits per heavy atom. The van der Waals surface area contributed by atoms with Crippen LogP contribution >= 0.6 is 0 Å². The van der Waals surface area contributed by atoms with Gasteiger partial charge in [0.05, 0.1) is 17.0 Å². The molecule has 0 radical (unpaired) electrons. The van der Waals surface area contributed by atoms with Gasteiger partial charge in [-0.2, -0.15) is 0 Å². The summed E-state index contributed by atoms with van der Waals surface area (Å²) < 4.78 is 11.7. The summed E-state index contributed by atoms with van der Waals surface area (Å²) >= 11 is 0. The van der Waals surface area contributed by atoms with E-state index in [-0.39, 0.29) is 17.1 Å². The molecule has 0 fully saturated rings. The van der Waals surface area contributed by atoms with E-state index in [2.05, 4.69) is 25.3 Å². The number of nitrogens with zero attached hydrogens (tertiary/aromatic N) is 2. The van der Waals surface area contributed by atoms with Crippen molar-refractivity contribution in [3.8, 4) is 5.75 Å². The van der Waals surface area contributed by atoms with Gasteiger partial charge in [0, 0.05) is 13.1 Å². The lowest BCUT2D eigenvalue weighted by Crippen LogP contribution is -2.37. The Morgan fingerprint density at radius 3 is 2.41 bits per heavy atom. The number of carbonyl (C=O) groups is 1. The van der Waals surface area contributed by atoms with Gasteiger partial charge in [-0.1, -0.05) is 38.6 Å². The summed E-state index contributed by atoms with van der Waals surface area (Å²) in [6.07, 6.45) is 1.69. The highest BCUT2D eigenvalue weighted by Crippen LogP contribution is 2.38. The normalized spacial score (nSPS) is 15.3. The third-order valence-electron chi connectivity index (χ3n) is 6.70. The minimum atomic E-state index is -0.506. The zero-order valence-corrected chi connectivity index (χ0v) is 20.4. The first-order chi connectivity index (χ1) is 16.4. The molecule has 3 aromatic rings. The number of aryl methyl sites for hydroxylation is 2. The number of likely N-dealkylation sites (N-methyl/N-ethyl adjacent to an activating group) is 1. The molecule has 6 nitrogen and oxygen atoms in total. The van der Waals surface area contributed by atoms with E-state index in [1.807, 2.05) is 50.2 Å². The van der Waals surface area contributed by atoms with Crippen molar-refractivity contribution in [1.82, 2.24) is 9.80 Å². The summed E-state index contributed by atoms with van der Waals surface area (Å²) in [5, 5.41) is 0.510. The van der Waals surface area contributed by atoms with Crippen LogP contribution in [0.25, 0.3) is 11.0 Å². The number of hydrogen-bond acceptors (Lipinski definition) is 5. The molecule has 1 aliphatic heterocycles. The molecule has 1 unspecified atom stereocenters. The van der Waals surface area contributed by atoms with Crippen LogP contribution in [0.3, 0.4) is 0 Å². The molecule has 178 valence electrons. The number of hydrogen-bond donors (Lipinski definition) is 0. The molecule has 1 aliphatic rings. The van der Waals surface area contributed by atoms with Crippen LogP contribution in [0, 0.1) is 13.8 Å². The van der Waals surface area contributed by atoms with Crippen LogP contribution in [0.2, 0.25) is 0 Å². The monoisotopic (exact) mass is 460 g/mol. The van der Waals surface area contributed by atoms with Gasteiger partial charge in [-0.05, 0) is 67.9 Å². The summed E-state index contributed by atoms with van der Waals surface area (Å²) in [6.45, 7) is 15.2. The second-order valence-electron chi connectivity index (χ2n) is 8.70. The van der Waals surface area contributed by atoms with Gasteiger partial charge in [0.15, 0.2) is 5.43 Å². The van der Waals surface area contributed by atoms with E-state index in [1.165, 1.54) is 0 Å². The van der Waals surface area contributed by atoms with Gasteiger partial charge >= 0.3 is 0 Å². The predicted octanol–water partition coefficient (Wildman–Crippen LogP) is 4.86. The van der Waals surface area contributed by atoms with Crippen molar-refractivity contribution in [1.29, 1.82) is 0 Å². The zero-order valence-electron chi connectivity index (χ0n) is 20.4. The smallest absolute Gasteiger partial charge is 0.290 e. The minimum Gasteiger partial charge on any atom is -0.490 e. The van der Waals surface area contributed by atoms with Crippen LogP contribution in [0.5, 0.6) is 5.75 Å². The number of amides is 1. The maximum atomic E-state index is 13.7. The fraction of sp³-hybridized carbons (Fsp3) is 0.357. The summed E-state index contributed by atoms with van der Waals surface area (Å²) in [5.41, 5.74) is 3.62. The van der Waals surface area contributed by atoms with Crippen molar-refractivity contribution in [3.63, 3.8) is 0 Å². The molecule has 0 spiro atoms. The second-order valence-corrected chi connectivity index (χ2v) is 8.70. The first kappa shape index (κ1) is 23.8. The van der Waals surface area contributed by atoms with Crippen LogP contribution in [0.15, 0.2) is 58.3 Å². The fourth-order valence-corrected chi connectivity index (χ4v) is 4.54. The van der Waals surface area contributed by atoms with Crippen LogP contribution in [0.1, 0.15) is 52.7 Å². The van der Waals surface area contributed by atoms with E-state index in [0.717, 1.165) is 36.3 Å². The van der Waals surface area contributed by atoms with E-state index in [4.69, 9.17) is 9.15 Å². The van der Waals surface area contributed by atoms with Crippen molar-refractivity contribution in [3.05, 3.63) is 87.3 Å². The predicted molar refractivity (Wildman–Crippen MR) is 135 cm³/mol. The Kier molecular flexibility index (Phi) is 6.89. The van der Waals surface area contributed by atoms with Crippen LogP contribution in [-0.2, 0) is 0 Å². The summed E-state index contributed by atoms with van der Waals surface area (Å²) in [6, 6.07) is 10.8. The molecule has 2 heterocycles. The van der Waals surface area contributed by atoms with E-state index >= 15 is 0 Å². The van der Waals surface area contributed by atoms with Crippen molar-refractivity contribution >= 4 is 16.9 Å². The second kappa shape index (κ2) is 9.85. The van der Waals surface area contributed by atoms with Gasteiger partial charge in [-0.3, -0.25) is 9.59 Å². The van der Waals surface area contributed by atoms with E-state index < -0.39 is 6.04 Å². The van der Waals surface area contributed by atoms with Crippen LogP contribution in [-0.4, -0.2) is 48.5 Å². The quantitative estimate of drug-likeness (QED) is 0.427. The summed E-state index contributed by atoms with van der Waals surface area (Å²) in [5.74, 6) is 0.619. The molecule has 1 atom stereocenters. The van der Waals surface area contributed by atoms with Gasteiger partial charge in [-0.15, -0.1) is 0 Å². The number of benzene rings is 2. The van der Waals surface area contributed by atoms with Crippen molar-refractivity contribution in [2.45, 2.75) is 33.7 Å². The molecule has 0 saturated heterocycles. The van der Waals surface area contributed by atoms with Gasteiger partial charge in [0.25, 0.3) is 5.91 Å². The Bertz CT molecular complexity index is 1270. The largest absolute Gasteiger partial charge is 0.490 e. The number of fused-ring (bicyclic) bond motifs is 2. The standard InChI is InChI=1S/C28H32N2O4/c1-6-15-33-21-11-9-20(10-12-21)25-24-26(31)22-16-18(4)19(5)17-23(22)34-27(24)28(32)30(25)14-13-29(7-2)8-3/h6,9-12,16-17,25H,1,7-8,13-15H2,2-5H3. The van der Waals surface area contributed by atoms with Gasteiger partial charge in [0.1, 0.15) is 17.9 Å². The molecule has 34 heavy (non-hydrogen) atoms. The maximum Gasteiger partial charge on any atom is 0.290 e. The highest BCUT2D eigenvalue weighted by atomic mass is 16.5. The lowest BCUT2D eigenvalue weighted by Gasteiger charge is -2.28. The highest BCUT2D eigenvalue weighted by molar-refractivity contribution is 5.99. The Labute approximate surface area is 200 Å². The third-order valence-corrected chi connectivity index (χ3v) is 6.70. The molecule has 4 rings (SSSR count). The first-order valence-electron chi connectivity index (χ1n) is 11.8. The Morgan fingerprint density at radius 1 is 1.09 bits per heavy atom. The van der Waals surface area contributed by atoms with Crippen LogP contribution < -0.4 is 10.2 Å². The number of rotatable bonds is 9. The minimum absolute atomic E-state index is 0.143. The van der Waals surface area contributed by atoms with Crippen molar-refractivity contribution < 1.29 is 13.9 Å². The van der Waals surface area contributed by atoms with E-state index in [1.54, 1.807) is 11.0 Å². The van der Waals surface area contributed by atoms with Crippen molar-refractivity contribution in [2.75, 3.05) is 32.8 Å². The molecule has 6 heteroatoms. The van der Waals surface area contributed by atoms with Crippen molar-refractivity contribution in [2.24, 2.45) is 0 Å². The molecule has 2 aromatic carbocycles.